The SMILES string of the molecule is Cc1ccc2nc[nH]c2c1Cl. The Labute approximate surface area is 69.2 Å². The maximum atomic E-state index is 6.00. The van der Waals surface area contributed by atoms with Gasteiger partial charge in [-0.25, -0.2) is 4.98 Å². The number of nitrogens with one attached hydrogen (secondary N) is 1. The molecule has 11 heavy (non-hydrogen) atoms. The van der Waals surface area contributed by atoms with Gasteiger partial charge >= 0.3 is 0 Å². The molecule has 0 aliphatic heterocycles. The highest BCUT2D eigenvalue weighted by Crippen LogP contribution is 2.23. The molecule has 56 valence electrons. The molecule has 1 aromatic carbocycles. The summed E-state index contributed by atoms with van der Waals surface area (Å²) in [6.07, 6.45) is 1.65. The fourth-order valence-electron chi connectivity index (χ4n) is 1.08. The number of rotatable bonds is 0. The molecule has 3 heteroatoms. The molecular formula is C8H7ClN2. The molecule has 0 aliphatic rings. The van der Waals surface area contributed by atoms with Crippen LogP contribution in [0.5, 0.6) is 0 Å². The van der Waals surface area contributed by atoms with E-state index in [9.17, 15) is 0 Å². The number of H-pyrrole nitrogens is 1. The highest BCUT2D eigenvalue weighted by molar-refractivity contribution is 6.35. The Bertz CT molecular complexity index is 392. The van der Waals surface area contributed by atoms with E-state index in [1.54, 1.807) is 6.33 Å². The lowest BCUT2D eigenvalue weighted by molar-refractivity contribution is 1.34. The van der Waals surface area contributed by atoms with Gasteiger partial charge < -0.3 is 4.98 Å². The number of aromatic amines is 1. The fourth-order valence-corrected chi connectivity index (χ4v) is 1.30. The second kappa shape index (κ2) is 2.24. The molecule has 0 bridgehead atoms. The Morgan fingerprint density at radius 1 is 1.45 bits per heavy atom. The van der Waals surface area contributed by atoms with Crippen molar-refractivity contribution in [2.75, 3.05) is 0 Å². The number of aryl methyl sites for hydroxylation is 1. The zero-order chi connectivity index (χ0) is 7.84. The van der Waals surface area contributed by atoms with Crippen molar-refractivity contribution >= 4 is 22.6 Å². The number of imidazole rings is 1. The second-order valence-corrected chi connectivity index (χ2v) is 2.87. The Kier molecular flexibility index (Phi) is 1.36. The Hall–Kier alpha value is -1.02. The van der Waals surface area contributed by atoms with Crippen molar-refractivity contribution in [2.24, 2.45) is 0 Å². The summed E-state index contributed by atoms with van der Waals surface area (Å²) < 4.78 is 0. The first-order valence-electron chi connectivity index (χ1n) is 3.37. The summed E-state index contributed by atoms with van der Waals surface area (Å²) in [6, 6.07) is 3.92. The van der Waals surface area contributed by atoms with Crippen LogP contribution in [0.15, 0.2) is 18.5 Å². The molecule has 1 N–H and O–H groups in total. The molecule has 0 unspecified atom stereocenters. The maximum Gasteiger partial charge on any atom is 0.0932 e. The molecule has 0 saturated carbocycles. The highest BCUT2D eigenvalue weighted by atomic mass is 35.5. The first kappa shape index (κ1) is 6.68. The van der Waals surface area contributed by atoms with Crippen molar-refractivity contribution in [1.29, 1.82) is 0 Å². The minimum absolute atomic E-state index is 0.764. The normalized spacial score (nSPS) is 10.7. The molecule has 0 aliphatic carbocycles. The zero-order valence-corrected chi connectivity index (χ0v) is 6.81. The minimum Gasteiger partial charge on any atom is -0.343 e. The topological polar surface area (TPSA) is 28.7 Å². The van der Waals surface area contributed by atoms with Crippen LogP contribution in [0.1, 0.15) is 5.56 Å². The largest absolute Gasteiger partial charge is 0.343 e. The third-order valence-corrected chi connectivity index (χ3v) is 2.21. The van der Waals surface area contributed by atoms with Crippen LogP contribution in [-0.4, -0.2) is 9.97 Å². The number of fused-ring (bicyclic) bond motifs is 1. The average Bonchev–Trinajstić information content (AvgIpc) is 2.45. The Morgan fingerprint density at radius 3 is 3.09 bits per heavy atom. The smallest absolute Gasteiger partial charge is 0.0932 e. The maximum absolute atomic E-state index is 6.00. The van der Waals surface area contributed by atoms with Gasteiger partial charge in [0.05, 0.1) is 22.4 Å². The Morgan fingerprint density at radius 2 is 2.27 bits per heavy atom. The van der Waals surface area contributed by atoms with Crippen LogP contribution in [0.25, 0.3) is 11.0 Å². The van der Waals surface area contributed by atoms with Gasteiger partial charge in [-0.05, 0) is 18.6 Å². The molecule has 0 radical (unpaired) electrons. The zero-order valence-electron chi connectivity index (χ0n) is 6.06. The van der Waals surface area contributed by atoms with Crippen molar-refractivity contribution in [1.82, 2.24) is 9.97 Å². The average molecular weight is 167 g/mol. The van der Waals surface area contributed by atoms with Gasteiger partial charge in [-0.15, -0.1) is 0 Å². The molecule has 0 amide bonds. The number of hydrogen-bond acceptors (Lipinski definition) is 1. The van der Waals surface area contributed by atoms with Crippen LogP contribution in [-0.2, 0) is 0 Å². The van der Waals surface area contributed by atoms with E-state index in [1.807, 2.05) is 19.1 Å². The van der Waals surface area contributed by atoms with Crippen LogP contribution in [0.4, 0.5) is 0 Å². The van der Waals surface area contributed by atoms with E-state index >= 15 is 0 Å². The van der Waals surface area contributed by atoms with Gasteiger partial charge in [0, 0.05) is 0 Å². The molecule has 2 aromatic rings. The van der Waals surface area contributed by atoms with E-state index in [2.05, 4.69) is 9.97 Å². The predicted molar refractivity (Wildman–Crippen MR) is 45.8 cm³/mol. The molecule has 1 heterocycles. The number of hydrogen-bond donors (Lipinski definition) is 1. The lowest BCUT2D eigenvalue weighted by Gasteiger charge is -1.96. The summed E-state index contributed by atoms with van der Waals surface area (Å²) >= 11 is 6.00. The second-order valence-electron chi connectivity index (χ2n) is 2.49. The van der Waals surface area contributed by atoms with E-state index in [1.165, 1.54) is 0 Å². The summed E-state index contributed by atoms with van der Waals surface area (Å²) in [7, 11) is 0. The quantitative estimate of drug-likeness (QED) is 0.640. The van der Waals surface area contributed by atoms with Crippen LogP contribution < -0.4 is 0 Å². The number of halogens is 1. The van der Waals surface area contributed by atoms with Crippen molar-refractivity contribution in [3.63, 3.8) is 0 Å². The molecule has 0 fully saturated rings. The third-order valence-electron chi connectivity index (χ3n) is 1.73. The predicted octanol–water partition coefficient (Wildman–Crippen LogP) is 2.52. The van der Waals surface area contributed by atoms with Crippen molar-refractivity contribution in [2.45, 2.75) is 6.92 Å². The minimum atomic E-state index is 0.764. The summed E-state index contributed by atoms with van der Waals surface area (Å²) in [5.41, 5.74) is 2.91. The van der Waals surface area contributed by atoms with E-state index in [0.29, 0.717) is 0 Å². The summed E-state index contributed by atoms with van der Waals surface area (Å²) in [5, 5.41) is 0.764. The van der Waals surface area contributed by atoms with Gasteiger partial charge in [0.1, 0.15) is 0 Å². The van der Waals surface area contributed by atoms with Crippen molar-refractivity contribution in [3.05, 3.63) is 29.0 Å². The molecule has 0 saturated heterocycles. The monoisotopic (exact) mass is 166 g/mol. The summed E-state index contributed by atoms with van der Waals surface area (Å²) in [6.45, 7) is 1.97. The van der Waals surface area contributed by atoms with E-state index in [0.717, 1.165) is 21.6 Å². The van der Waals surface area contributed by atoms with Crippen LogP contribution in [0, 0.1) is 6.92 Å². The molecule has 1 aromatic heterocycles. The van der Waals surface area contributed by atoms with Crippen molar-refractivity contribution in [3.8, 4) is 0 Å². The van der Waals surface area contributed by atoms with Gasteiger partial charge in [0.2, 0.25) is 0 Å². The number of aromatic nitrogens is 2. The first-order valence-corrected chi connectivity index (χ1v) is 3.75. The lowest BCUT2D eigenvalue weighted by atomic mass is 10.2. The van der Waals surface area contributed by atoms with Crippen molar-refractivity contribution < 1.29 is 0 Å². The Balaban J connectivity index is 2.93. The van der Waals surface area contributed by atoms with Crippen LogP contribution in [0.2, 0.25) is 5.02 Å². The van der Waals surface area contributed by atoms with Gasteiger partial charge in [-0.2, -0.15) is 0 Å². The number of nitrogens with zero attached hydrogens (tertiary/aromatic N) is 1. The van der Waals surface area contributed by atoms with Crippen LogP contribution in [0.3, 0.4) is 0 Å². The van der Waals surface area contributed by atoms with Gasteiger partial charge in [0.15, 0.2) is 0 Å². The molecule has 2 nitrogen and oxygen atoms in total. The van der Waals surface area contributed by atoms with Crippen LogP contribution >= 0.6 is 11.6 Å². The first-order chi connectivity index (χ1) is 5.29. The van der Waals surface area contributed by atoms with Gasteiger partial charge in [0.25, 0.3) is 0 Å². The van der Waals surface area contributed by atoms with Gasteiger partial charge in [-0.1, -0.05) is 17.7 Å². The molecule has 0 atom stereocenters. The molecular weight excluding hydrogens is 160 g/mol. The standard InChI is InChI=1S/C8H7ClN2/c1-5-2-3-6-8(7(5)9)11-4-10-6/h2-4H,1H3,(H,10,11). The van der Waals surface area contributed by atoms with E-state index in [4.69, 9.17) is 11.6 Å². The summed E-state index contributed by atoms with van der Waals surface area (Å²) in [5.74, 6) is 0. The molecule has 0 spiro atoms. The number of benzene rings is 1. The molecule has 2 rings (SSSR count). The van der Waals surface area contributed by atoms with Gasteiger partial charge in [-0.3, -0.25) is 0 Å². The fraction of sp³-hybridized carbons (Fsp3) is 0.125. The summed E-state index contributed by atoms with van der Waals surface area (Å²) in [4.78, 5) is 7.07. The van der Waals surface area contributed by atoms with E-state index < -0.39 is 0 Å². The highest BCUT2D eigenvalue weighted by Gasteiger charge is 2.02. The third kappa shape index (κ3) is 0.906. The lowest BCUT2D eigenvalue weighted by Crippen LogP contribution is -1.76. The van der Waals surface area contributed by atoms with E-state index in [-0.39, 0.29) is 0 Å².